The first-order chi connectivity index (χ1) is 5.33. The fourth-order valence-electron chi connectivity index (χ4n) is 0.354. The molecule has 0 amide bonds. The summed E-state index contributed by atoms with van der Waals surface area (Å²) < 4.78 is 49.8. The lowest BCUT2D eigenvalue weighted by atomic mass is 10.7. The summed E-state index contributed by atoms with van der Waals surface area (Å²) in [5, 5.41) is 0. The van der Waals surface area contributed by atoms with Crippen molar-refractivity contribution in [1.29, 1.82) is 0 Å². The van der Waals surface area contributed by atoms with Crippen LogP contribution in [0.2, 0.25) is 0 Å². The van der Waals surface area contributed by atoms with E-state index in [4.69, 9.17) is 0 Å². The molecule has 0 aliphatic rings. The van der Waals surface area contributed by atoms with Crippen LogP contribution in [0.25, 0.3) is 0 Å². The van der Waals surface area contributed by atoms with E-state index in [1.54, 1.807) is 0 Å². The third-order valence-corrected chi connectivity index (χ3v) is 2.49. The Bertz CT molecular complexity index is 209. The van der Waals surface area contributed by atoms with E-state index >= 15 is 0 Å². The zero-order valence-corrected chi connectivity index (χ0v) is 7.07. The molecule has 70 valence electrons. The van der Waals surface area contributed by atoms with Crippen LogP contribution in [0.4, 0.5) is 13.2 Å². The molecule has 0 aromatic carbocycles. The van der Waals surface area contributed by atoms with Gasteiger partial charge in [0.25, 0.3) is 0 Å². The number of halogens is 3. The lowest BCUT2D eigenvalue weighted by Gasteiger charge is -2.11. The molecule has 0 saturated carbocycles. The Balaban J connectivity index is 4.17. The first-order valence-corrected chi connectivity index (χ1v) is 4.67. The van der Waals surface area contributed by atoms with Crippen molar-refractivity contribution >= 4 is 7.37 Å². The van der Waals surface area contributed by atoms with Crippen molar-refractivity contribution in [3.8, 4) is 0 Å². The Morgan fingerprint density at radius 3 is 2.00 bits per heavy atom. The molecule has 0 bridgehead atoms. The molecule has 0 aromatic heterocycles. The van der Waals surface area contributed by atoms with Gasteiger partial charge in [-0.15, -0.1) is 0 Å². The van der Waals surface area contributed by atoms with Gasteiger partial charge in [-0.05, 0) is 11.6 Å². The topological polar surface area (TPSA) is 26.3 Å². The minimum absolute atomic E-state index is 0.825. The van der Waals surface area contributed by atoms with Gasteiger partial charge < -0.3 is 4.52 Å². The van der Waals surface area contributed by atoms with Crippen LogP contribution >= 0.6 is 7.37 Å². The smallest absolute Gasteiger partial charge is 0.313 e. The largest absolute Gasteiger partial charge is 0.412 e. The molecule has 0 rings (SSSR count). The maximum Gasteiger partial charge on any atom is 0.412 e. The zero-order chi connectivity index (χ0) is 9.83. The van der Waals surface area contributed by atoms with Crippen LogP contribution in [-0.2, 0) is 9.09 Å². The fourth-order valence-corrected chi connectivity index (χ4v) is 1.06. The Hall–Kier alpha value is -0.540. The van der Waals surface area contributed by atoms with Crippen molar-refractivity contribution in [3.05, 3.63) is 24.8 Å². The Morgan fingerprint density at radius 1 is 1.33 bits per heavy atom. The Labute approximate surface area is 68.2 Å². The van der Waals surface area contributed by atoms with Crippen LogP contribution in [0.1, 0.15) is 0 Å². The summed E-state index contributed by atoms with van der Waals surface area (Å²) in [6, 6.07) is 0. The predicted octanol–water partition coefficient (Wildman–Crippen LogP) is 3.13. The average Bonchev–Trinajstić information content (AvgIpc) is 1.99. The van der Waals surface area contributed by atoms with Gasteiger partial charge in [0.2, 0.25) is 7.37 Å². The first kappa shape index (κ1) is 11.5. The monoisotopic (exact) mass is 200 g/mol. The summed E-state index contributed by atoms with van der Waals surface area (Å²) in [5.74, 6) is 1.65. The summed E-state index contributed by atoms with van der Waals surface area (Å²) in [6.07, 6.45) is -4.48. The van der Waals surface area contributed by atoms with Crippen molar-refractivity contribution < 1.29 is 22.3 Å². The third kappa shape index (κ3) is 4.36. The van der Waals surface area contributed by atoms with Crippen molar-refractivity contribution in [2.24, 2.45) is 0 Å². The van der Waals surface area contributed by atoms with E-state index in [0.29, 0.717) is 0 Å². The highest BCUT2D eigenvalue weighted by molar-refractivity contribution is 7.65. The number of hydrogen-bond donors (Lipinski definition) is 0. The zero-order valence-electron chi connectivity index (χ0n) is 6.17. The van der Waals surface area contributed by atoms with Crippen molar-refractivity contribution in [2.75, 3.05) is 6.61 Å². The molecule has 0 aromatic rings. The van der Waals surface area contributed by atoms with E-state index < -0.39 is 20.2 Å². The number of alkyl halides is 3. The van der Waals surface area contributed by atoms with E-state index in [0.717, 1.165) is 11.6 Å². The molecular formula is C6H8F3O2P. The fraction of sp³-hybridized carbons (Fsp3) is 0.333. The molecule has 12 heavy (non-hydrogen) atoms. The van der Waals surface area contributed by atoms with Crippen molar-refractivity contribution in [3.63, 3.8) is 0 Å². The van der Waals surface area contributed by atoms with Crippen LogP contribution in [0.15, 0.2) is 24.8 Å². The summed E-state index contributed by atoms with van der Waals surface area (Å²) in [4.78, 5) is 0. The number of rotatable bonds is 4. The summed E-state index contributed by atoms with van der Waals surface area (Å²) >= 11 is 0. The van der Waals surface area contributed by atoms with Crippen LogP contribution in [0.5, 0.6) is 0 Å². The van der Waals surface area contributed by atoms with Gasteiger partial charge in [-0.1, -0.05) is 13.2 Å². The highest BCUT2D eigenvalue weighted by Gasteiger charge is 2.31. The van der Waals surface area contributed by atoms with Gasteiger partial charge in [-0.3, -0.25) is 4.57 Å². The van der Waals surface area contributed by atoms with Gasteiger partial charge in [0.15, 0.2) is 6.61 Å². The molecule has 0 radical (unpaired) electrons. The van der Waals surface area contributed by atoms with Crippen LogP contribution in [0.3, 0.4) is 0 Å². The molecule has 0 heterocycles. The second-order valence-corrected chi connectivity index (χ2v) is 4.18. The maximum absolute atomic E-state index is 11.5. The lowest BCUT2D eigenvalue weighted by Crippen LogP contribution is -2.15. The average molecular weight is 200 g/mol. The molecule has 2 nitrogen and oxygen atoms in total. The van der Waals surface area contributed by atoms with Crippen LogP contribution < -0.4 is 0 Å². The van der Waals surface area contributed by atoms with Gasteiger partial charge in [0.05, 0.1) is 0 Å². The van der Waals surface area contributed by atoms with Crippen molar-refractivity contribution in [1.82, 2.24) is 0 Å². The van der Waals surface area contributed by atoms with Gasteiger partial charge in [-0.2, -0.15) is 13.2 Å². The molecule has 0 saturated heterocycles. The molecule has 0 fully saturated rings. The van der Waals surface area contributed by atoms with Crippen LogP contribution in [0, 0.1) is 0 Å². The van der Waals surface area contributed by atoms with Gasteiger partial charge >= 0.3 is 6.18 Å². The van der Waals surface area contributed by atoms with Gasteiger partial charge in [-0.25, -0.2) is 0 Å². The Kier molecular flexibility index (Phi) is 3.74. The van der Waals surface area contributed by atoms with E-state index in [1.165, 1.54) is 0 Å². The van der Waals surface area contributed by atoms with Crippen LogP contribution in [-0.4, -0.2) is 12.8 Å². The summed E-state index contributed by atoms with van der Waals surface area (Å²) in [6.45, 7) is 4.60. The van der Waals surface area contributed by atoms with E-state index in [2.05, 4.69) is 17.7 Å². The number of hydrogen-bond acceptors (Lipinski definition) is 2. The second-order valence-electron chi connectivity index (χ2n) is 1.90. The first-order valence-electron chi connectivity index (χ1n) is 2.91. The molecule has 0 spiro atoms. The standard InChI is InChI=1S/C6H8F3O2P/c1-3-12(10,4-2)11-5-6(7,8)9/h3-4H,1-2,5H2. The highest BCUT2D eigenvalue weighted by atomic mass is 31.2. The summed E-state index contributed by atoms with van der Waals surface area (Å²) in [5.41, 5.74) is 0. The molecule has 0 aliphatic heterocycles. The lowest BCUT2D eigenvalue weighted by molar-refractivity contribution is -0.152. The maximum atomic E-state index is 11.5. The molecular weight excluding hydrogens is 192 g/mol. The second kappa shape index (κ2) is 3.92. The van der Waals surface area contributed by atoms with Gasteiger partial charge in [0, 0.05) is 0 Å². The molecule has 0 aliphatic carbocycles. The van der Waals surface area contributed by atoms with E-state index in [1.807, 2.05) is 0 Å². The van der Waals surface area contributed by atoms with E-state index in [-0.39, 0.29) is 0 Å². The highest BCUT2D eigenvalue weighted by Crippen LogP contribution is 2.49. The normalized spacial score (nSPS) is 12.6. The quantitative estimate of drug-likeness (QED) is 0.651. The summed E-state index contributed by atoms with van der Waals surface area (Å²) in [7, 11) is -3.47. The van der Waals surface area contributed by atoms with Crippen molar-refractivity contribution in [2.45, 2.75) is 6.18 Å². The SMILES string of the molecule is C=CP(=O)(C=C)OCC(F)(F)F. The van der Waals surface area contributed by atoms with Gasteiger partial charge in [0.1, 0.15) is 0 Å². The molecule has 0 unspecified atom stereocenters. The van der Waals surface area contributed by atoms with E-state index in [9.17, 15) is 17.7 Å². The minimum Gasteiger partial charge on any atom is -0.313 e. The minimum atomic E-state index is -4.48. The molecule has 0 atom stereocenters. The predicted molar refractivity (Wildman–Crippen MR) is 40.0 cm³/mol. The molecule has 6 heteroatoms. The third-order valence-electron chi connectivity index (χ3n) is 0.939. The molecule has 0 N–H and O–H groups in total. The Morgan fingerprint density at radius 2 is 1.75 bits per heavy atom.